The molecular weight excluding hydrogens is 306 g/mol. The average molecular weight is 320 g/mol. The maximum Gasteiger partial charge on any atom is 0.119 e. The van der Waals surface area contributed by atoms with Gasteiger partial charge in [0.1, 0.15) is 12.4 Å². The fourth-order valence-electron chi connectivity index (χ4n) is 1.67. The van der Waals surface area contributed by atoms with Gasteiger partial charge in [0.05, 0.1) is 17.2 Å². The summed E-state index contributed by atoms with van der Waals surface area (Å²) in [6.45, 7) is -0.155. The summed E-state index contributed by atoms with van der Waals surface area (Å²) in [7, 11) is 1.63. The standard InChI is InChI=1S/C16H14ClNO2S/c1-20-15-6-4-12(3-2-8-19)13(9-15)11-21-16-7-5-14(17)10-18-16/h4-7,9-10,19H,8,11H2,1H3. The number of nitrogens with zero attached hydrogens (tertiary/aromatic N) is 1. The molecule has 3 nitrogen and oxygen atoms in total. The number of aromatic nitrogens is 1. The number of aliphatic hydroxyl groups is 1. The average Bonchev–Trinajstić information content (AvgIpc) is 2.52. The highest BCUT2D eigenvalue weighted by molar-refractivity contribution is 7.98. The summed E-state index contributed by atoms with van der Waals surface area (Å²) >= 11 is 7.41. The summed E-state index contributed by atoms with van der Waals surface area (Å²) in [5.74, 6) is 7.11. The summed E-state index contributed by atoms with van der Waals surface area (Å²) in [4.78, 5) is 4.25. The smallest absolute Gasteiger partial charge is 0.119 e. The highest BCUT2D eigenvalue weighted by Gasteiger charge is 2.05. The Morgan fingerprint density at radius 1 is 1.33 bits per heavy atom. The molecule has 2 rings (SSSR count). The van der Waals surface area contributed by atoms with Crippen molar-refractivity contribution in [1.29, 1.82) is 0 Å². The maximum absolute atomic E-state index is 8.83. The van der Waals surface area contributed by atoms with E-state index < -0.39 is 0 Å². The minimum atomic E-state index is -0.155. The number of hydrogen-bond acceptors (Lipinski definition) is 4. The lowest BCUT2D eigenvalue weighted by atomic mass is 10.1. The van der Waals surface area contributed by atoms with Crippen LogP contribution in [0.3, 0.4) is 0 Å². The minimum absolute atomic E-state index is 0.155. The number of rotatable bonds is 4. The Bertz CT molecular complexity index is 662. The van der Waals surface area contributed by atoms with Crippen molar-refractivity contribution in [2.45, 2.75) is 10.8 Å². The van der Waals surface area contributed by atoms with Crippen molar-refractivity contribution >= 4 is 23.4 Å². The molecule has 0 aliphatic rings. The van der Waals surface area contributed by atoms with E-state index in [1.165, 1.54) is 0 Å². The number of pyridine rings is 1. The van der Waals surface area contributed by atoms with Gasteiger partial charge in [0.25, 0.3) is 0 Å². The lowest BCUT2D eigenvalue weighted by Gasteiger charge is -2.07. The first-order chi connectivity index (χ1) is 10.2. The van der Waals surface area contributed by atoms with Crippen LogP contribution in [0.1, 0.15) is 11.1 Å². The Morgan fingerprint density at radius 3 is 2.86 bits per heavy atom. The lowest BCUT2D eigenvalue weighted by Crippen LogP contribution is -1.92. The van der Waals surface area contributed by atoms with Gasteiger partial charge >= 0.3 is 0 Å². The molecular formula is C16H14ClNO2S. The van der Waals surface area contributed by atoms with Gasteiger partial charge in [-0.05, 0) is 35.9 Å². The highest BCUT2D eigenvalue weighted by atomic mass is 35.5. The molecule has 2 aromatic rings. The predicted molar refractivity (Wildman–Crippen MR) is 85.8 cm³/mol. The number of thioether (sulfide) groups is 1. The van der Waals surface area contributed by atoms with E-state index in [-0.39, 0.29) is 6.61 Å². The van der Waals surface area contributed by atoms with Crippen LogP contribution in [0.4, 0.5) is 0 Å². The molecule has 0 fully saturated rings. The van der Waals surface area contributed by atoms with E-state index in [1.54, 1.807) is 25.1 Å². The third-order valence-corrected chi connectivity index (χ3v) is 3.91. The second-order valence-corrected chi connectivity index (χ2v) is 5.52. The molecule has 108 valence electrons. The van der Waals surface area contributed by atoms with E-state index in [4.69, 9.17) is 21.4 Å². The largest absolute Gasteiger partial charge is 0.497 e. The molecule has 0 amide bonds. The first kappa shape index (κ1) is 15.7. The van der Waals surface area contributed by atoms with Crippen molar-refractivity contribution in [3.05, 3.63) is 52.7 Å². The molecule has 1 N–H and O–H groups in total. The monoisotopic (exact) mass is 319 g/mol. The van der Waals surface area contributed by atoms with Gasteiger partial charge in [-0.25, -0.2) is 4.98 Å². The summed E-state index contributed by atoms with van der Waals surface area (Å²) in [6, 6.07) is 9.40. The van der Waals surface area contributed by atoms with Crippen LogP contribution in [-0.2, 0) is 5.75 Å². The van der Waals surface area contributed by atoms with Crippen molar-refractivity contribution in [3.63, 3.8) is 0 Å². The first-order valence-electron chi connectivity index (χ1n) is 6.24. The number of aliphatic hydroxyl groups excluding tert-OH is 1. The molecule has 0 spiro atoms. The van der Waals surface area contributed by atoms with Gasteiger partial charge in [-0.1, -0.05) is 23.4 Å². The number of benzene rings is 1. The third kappa shape index (κ3) is 4.68. The van der Waals surface area contributed by atoms with Crippen LogP contribution in [0.25, 0.3) is 0 Å². The molecule has 0 saturated heterocycles. The summed E-state index contributed by atoms with van der Waals surface area (Å²) in [6.07, 6.45) is 1.63. The van der Waals surface area contributed by atoms with Crippen LogP contribution in [-0.4, -0.2) is 23.8 Å². The predicted octanol–water partition coefficient (Wildman–Crippen LogP) is 3.38. The van der Waals surface area contributed by atoms with E-state index in [2.05, 4.69) is 16.8 Å². The fraction of sp³-hybridized carbons (Fsp3) is 0.188. The Kier molecular flexibility index (Phi) is 5.94. The van der Waals surface area contributed by atoms with Gasteiger partial charge in [0.15, 0.2) is 0 Å². The van der Waals surface area contributed by atoms with Gasteiger partial charge < -0.3 is 9.84 Å². The molecule has 21 heavy (non-hydrogen) atoms. The molecule has 0 saturated carbocycles. The number of halogens is 1. The van der Waals surface area contributed by atoms with Crippen LogP contribution in [0.15, 0.2) is 41.6 Å². The second-order valence-electron chi connectivity index (χ2n) is 4.09. The van der Waals surface area contributed by atoms with Crippen LogP contribution in [0.5, 0.6) is 5.75 Å². The molecule has 0 atom stereocenters. The molecule has 0 aliphatic carbocycles. The van der Waals surface area contributed by atoms with Gasteiger partial charge in [-0.2, -0.15) is 0 Å². The van der Waals surface area contributed by atoms with Crippen LogP contribution >= 0.6 is 23.4 Å². The second kappa shape index (κ2) is 7.94. The molecule has 0 bridgehead atoms. The highest BCUT2D eigenvalue weighted by Crippen LogP contribution is 2.26. The zero-order valence-electron chi connectivity index (χ0n) is 11.5. The van der Waals surface area contributed by atoms with Crippen molar-refractivity contribution in [2.24, 2.45) is 0 Å². The molecule has 0 radical (unpaired) electrons. The van der Waals surface area contributed by atoms with Crippen LogP contribution in [0, 0.1) is 11.8 Å². The van der Waals surface area contributed by atoms with E-state index >= 15 is 0 Å². The Hall–Kier alpha value is -1.67. The number of methoxy groups -OCH3 is 1. The van der Waals surface area contributed by atoms with Gasteiger partial charge in [0.2, 0.25) is 0 Å². The van der Waals surface area contributed by atoms with Crippen LogP contribution < -0.4 is 4.74 Å². The molecule has 1 heterocycles. The van der Waals surface area contributed by atoms with Gasteiger partial charge in [-0.15, -0.1) is 11.8 Å². The Morgan fingerprint density at radius 2 is 2.19 bits per heavy atom. The van der Waals surface area contributed by atoms with Gasteiger partial charge in [-0.3, -0.25) is 0 Å². The van der Waals surface area contributed by atoms with Crippen LogP contribution in [0.2, 0.25) is 5.02 Å². The van der Waals surface area contributed by atoms with Crippen molar-refractivity contribution < 1.29 is 9.84 Å². The first-order valence-corrected chi connectivity index (χ1v) is 7.60. The minimum Gasteiger partial charge on any atom is -0.497 e. The van der Waals surface area contributed by atoms with Crippen molar-refractivity contribution in [2.75, 3.05) is 13.7 Å². The SMILES string of the molecule is COc1ccc(C#CCO)c(CSc2ccc(Cl)cn2)c1. The number of ether oxygens (including phenoxy) is 1. The zero-order chi connectivity index (χ0) is 15.1. The Labute approximate surface area is 133 Å². The molecule has 0 unspecified atom stereocenters. The quantitative estimate of drug-likeness (QED) is 0.693. The summed E-state index contributed by atoms with van der Waals surface area (Å²) in [5.41, 5.74) is 1.92. The normalized spacial score (nSPS) is 9.86. The fourth-order valence-corrected chi connectivity index (χ4v) is 2.62. The molecule has 1 aromatic carbocycles. The van der Waals surface area contributed by atoms with E-state index in [1.807, 2.05) is 30.3 Å². The summed E-state index contributed by atoms with van der Waals surface area (Å²) in [5, 5.41) is 10.3. The number of hydrogen-bond donors (Lipinski definition) is 1. The summed E-state index contributed by atoms with van der Waals surface area (Å²) < 4.78 is 5.24. The van der Waals surface area contributed by atoms with Crippen molar-refractivity contribution in [1.82, 2.24) is 4.98 Å². The molecule has 5 heteroatoms. The van der Waals surface area contributed by atoms with Gasteiger partial charge in [0, 0.05) is 17.5 Å². The van der Waals surface area contributed by atoms with E-state index in [0.717, 1.165) is 21.9 Å². The van der Waals surface area contributed by atoms with Crippen molar-refractivity contribution in [3.8, 4) is 17.6 Å². The lowest BCUT2D eigenvalue weighted by molar-refractivity contribution is 0.350. The molecule has 0 aliphatic heterocycles. The van der Waals surface area contributed by atoms with E-state index in [9.17, 15) is 0 Å². The Balaban J connectivity index is 2.18. The molecule has 1 aromatic heterocycles. The topological polar surface area (TPSA) is 42.4 Å². The third-order valence-electron chi connectivity index (χ3n) is 2.69. The van der Waals surface area contributed by atoms with E-state index in [0.29, 0.717) is 10.8 Å². The zero-order valence-corrected chi connectivity index (χ0v) is 13.0. The maximum atomic E-state index is 8.83.